The summed E-state index contributed by atoms with van der Waals surface area (Å²) in [5, 5.41) is 0. The molecular weight excluding hydrogens is 240 g/mol. The van der Waals surface area contributed by atoms with Crippen LogP contribution in [0.3, 0.4) is 0 Å². The van der Waals surface area contributed by atoms with Crippen molar-refractivity contribution in [2.75, 3.05) is 0 Å². The van der Waals surface area contributed by atoms with Crippen LogP contribution in [0.25, 0.3) is 0 Å². The van der Waals surface area contributed by atoms with E-state index in [0.717, 1.165) is 12.0 Å². The number of hydrogen-bond acceptors (Lipinski definition) is 0. The molecule has 2 aromatic carbocycles. The zero-order valence-corrected chi connectivity index (χ0v) is 13.6. The predicted octanol–water partition coefficient (Wildman–Crippen LogP) is 5.97. The Morgan fingerprint density at radius 1 is 0.750 bits per heavy atom. The fraction of sp³-hybridized carbons (Fsp3) is 0.300. The van der Waals surface area contributed by atoms with Crippen molar-refractivity contribution in [1.29, 1.82) is 0 Å². The highest BCUT2D eigenvalue weighted by atomic mass is 13.9. The van der Waals surface area contributed by atoms with Crippen molar-refractivity contribution in [3.05, 3.63) is 71.8 Å². The third-order valence-corrected chi connectivity index (χ3v) is 2.19. The summed E-state index contributed by atoms with van der Waals surface area (Å²) < 4.78 is 0. The van der Waals surface area contributed by atoms with Crippen molar-refractivity contribution < 1.29 is 0 Å². The van der Waals surface area contributed by atoms with Crippen LogP contribution in [-0.4, -0.2) is 0 Å². The molecule has 0 aliphatic heterocycles. The van der Waals surface area contributed by atoms with Crippen molar-refractivity contribution in [1.82, 2.24) is 0 Å². The molecule has 0 amide bonds. The summed E-state index contributed by atoms with van der Waals surface area (Å²) in [4.78, 5) is 0. The van der Waals surface area contributed by atoms with E-state index < -0.39 is 0 Å². The molecule has 0 fully saturated rings. The highest BCUT2D eigenvalue weighted by Crippen LogP contribution is 1.96. The fourth-order valence-corrected chi connectivity index (χ4v) is 1.25. The van der Waals surface area contributed by atoms with Gasteiger partial charge in [-0.3, -0.25) is 0 Å². The number of aryl methyl sites for hydroxylation is 1. The lowest BCUT2D eigenvalue weighted by atomic mass is 10.2. The van der Waals surface area contributed by atoms with Crippen LogP contribution in [-0.2, 0) is 6.42 Å². The average molecular weight is 268 g/mol. The number of terminal acetylenes is 1. The highest BCUT2D eigenvalue weighted by Gasteiger charge is 1.80. The normalized spacial score (nSPS) is 7.40. The molecule has 0 heterocycles. The fourth-order valence-electron chi connectivity index (χ4n) is 1.25. The molecule has 0 aliphatic rings. The SMILES string of the molecule is C#Cc1ccccc1.CC.CC.CCc1ccccc1. The maximum atomic E-state index is 5.10. The molecule has 2 rings (SSSR count). The maximum absolute atomic E-state index is 5.10. The van der Waals surface area contributed by atoms with Crippen LogP contribution in [0.1, 0.15) is 45.7 Å². The van der Waals surface area contributed by atoms with Crippen molar-refractivity contribution in [2.24, 2.45) is 0 Å². The Bertz CT molecular complexity index is 421. The molecule has 0 aliphatic carbocycles. The first kappa shape index (κ1) is 20.3. The predicted molar refractivity (Wildman–Crippen MR) is 92.9 cm³/mol. The Morgan fingerprint density at radius 3 is 1.40 bits per heavy atom. The molecule has 0 bridgehead atoms. The topological polar surface area (TPSA) is 0 Å². The molecule has 108 valence electrons. The molecule has 0 atom stereocenters. The van der Waals surface area contributed by atoms with Gasteiger partial charge in [-0.1, -0.05) is 89.1 Å². The third-order valence-electron chi connectivity index (χ3n) is 2.19. The van der Waals surface area contributed by atoms with Gasteiger partial charge in [-0.15, -0.1) is 6.42 Å². The first-order chi connectivity index (χ1) is 9.86. The van der Waals surface area contributed by atoms with Gasteiger partial charge in [-0.2, -0.15) is 0 Å². The van der Waals surface area contributed by atoms with Gasteiger partial charge >= 0.3 is 0 Å². The maximum Gasteiger partial charge on any atom is 0.0242 e. The van der Waals surface area contributed by atoms with Crippen molar-refractivity contribution in [2.45, 2.75) is 41.0 Å². The molecule has 0 saturated carbocycles. The minimum Gasteiger partial charge on any atom is -0.115 e. The van der Waals surface area contributed by atoms with Crippen LogP contribution < -0.4 is 0 Å². The van der Waals surface area contributed by atoms with E-state index in [-0.39, 0.29) is 0 Å². The highest BCUT2D eigenvalue weighted by molar-refractivity contribution is 5.30. The Kier molecular flexibility index (Phi) is 17.3. The van der Waals surface area contributed by atoms with Gasteiger partial charge in [0.15, 0.2) is 0 Å². The van der Waals surface area contributed by atoms with Crippen LogP contribution in [0.2, 0.25) is 0 Å². The van der Waals surface area contributed by atoms with E-state index in [1.54, 1.807) is 0 Å². The summed E-state index contributed by atoms with van der Waals surface area (Å²) >= 11 is 0. The molecule has 0 heteroatoms. The van der Waals surface area contributed by atoms with Crippen LogP contribution in [0.5, 0.6) is 0 Å². The summed E-state index contributed by atoms with van der Waals surface area (Å²) in [5.41, 5.74) is 2.35. The summed E-state index contributed by atoms with van der Waals surface area (Å²) in [6.07, 6.45) is 6.24. The molecule has 0 nitrogen and oxygen atoms in total. The number of benzene rings is 2. The minimum absolute atomic E-state index is 0.938. The molecule has 0 N–H and O–H groups in total. The van der Waals surface area contributed by atoms with Crippen LogP contribution >= 0.6 is 0 Å². The van der Waals surface area contributed by atoms with Gasteiger partial charge in [0.25, 0.3) is 0 Å². The third kappa shape index (κ3) is 11.1. The quantitative estimate of drug-likeness (QED) is 0.559. The van der Waals surface area contributed by atoms with Gasteiger partial charge in [-0.05, 0) is 24.1 Å². The van der Waals surface area contributed by atoms with Crippen LogP contribution in [0.15, 0.2) is 60.7 Å². The zero-order chi connectivity index (χ0) is 15.6. The molecule has 0 aromatic heterocycles. The van der Waals surface area contributed by atoms with Gasteiger partial charge in [0.05, 0.1) is 0 Å². The van der Waals surface area contributed by atoms with E-state index in [4.69, 9.17) is 6.42 Å². The van der Waals surface area contributed by atoms with E-state index in [1.165, 1.54) is 5.56 Å². The van der Waals surface area contributed by atoms with Gasteiger partial charge in [0.1, 0.15) is 0 Å². The van der Waals surface area contributed by atoms with E-state index >= 15 is 0 Å². The second-order valence-electron chi connectivity index (χ2n) is 3.35. The molecule has 0 radical (unpaired) electrons. The number of hydrogen-bond donors (Lipinski definition) is 0. The van der Waals surface area contributed by atoms with E-state index in [2.05, 4.69) is 37.1 Å². The zero-order valence-electron chi connectivity index (χ0n) is 13.6. The average Bonchev–Trinajstić information content (AvgIpc) is 2.60. The smallest absolute Gasteiger partial charge is 0.0242 e. The minimum atomic E-state index is 0.938. The van der Waals surface area contributed by atoms with Crippen molar-refractivity contribution in [3.63, 3.8) is 0 Å². The van der Waals surface area contributed by atoms with E-state index in [0.29, 0.717) is 0 Å². The Labute approximate surface area is 125 Å². The van der Waals surface area contributed by atoms with Gasteiger partial charge < -0.3 is 0 Å². The summed E-state index contributed by atoms with van der Waals surface area (Å²) in [5.74, 6) is 2.53. The summed E-state index contributed by atoms with van der Waals surface area (Å²) in [7, 11) is 0. The first-order valence-electron chi connectivity index (χ1n) is 7.42. The van der Waals surface area contributed by atoms with E-state index in [1.807, 2.05) is 64.1 Å². The molecule has 2 aromatic rings. The van der Waals surface area contributed by atoms with Crippen LogP contribution in [0.4, 0.5) is 0 Å². The lowest BCUT2D eigenvalue weighted by Gasteiger charge is -1.89. The standard InChI is InChI=1S/C8H10.C8H6.2C2H6/c2*1-2-8-6-4-3-5-7-8;2*1-2/h3-7H,2H2,1H3;1,3-7H;2*1-2H3. The van der Waals surface area contributed by atoms with E-state index in [9.17, 15) is 0 Å². The second-order valence-corrected chi connectivity index (χ2v) is 3.35. The summed E-state index contributed by atoms with van der Waals surface area (Å²) in [6.45, 7) is 10.2. The van der Waals surface area contributed by atoms with Crippen molar-refractivity contribution >= 4 is 0 Å². The second kappa shape index (κ2) is 17.0. The molecular formula is C20H28. The van der Waals surface area contributed by atoms with Gasteiger partial charge in [-0.25, -0.2) is 0 Å². The van der Waals surface area contributed by atoms with Crippen molar-refractivity contribution in [3.8, 4) is 12.3 Å². The van der Waals surface area contributed by atoms with Gasteiger partial charge in [0.2, 0.25) is 0 Å². The molecule has 0 unspecified atom stereocenters. The number of rotatable bonds is 1. The Hall–Kier alpha value is -2.00. The lowest BCUT2D eigenvalue weighted by molar-refractivity contribution is 1.14. The summed E-state index contributed by atoms with van der Waals surface area (Å²) in [6, 6.07) is 20.1. The van der Waals surface area contributed by atoms with Crippen LogP contribution in [0, 0.1) is 12.3 Å². The first-order valence-corrected chi connectivity index (χ1v) is 7.42. The Balaban J connectivity index is 0. The van der Waals surface area contributed by atoms with Gasteiger partial charge in [0, 0.05) is 5.56 Å². The molecule has 0 spiro atoms. The molecule has 0 saturated heterocycles. The molecule has 20 heavy (non-hydrogen) atoms. The lowest BCUT2D eigenvalue weighted by Crippen LogP contribution is -1.73. The largest absolute Gasteiger partial charge is 0.115 e. The monoisotopic (exact) mass is 268 g/mol. The Morgan fingerprint density at radius 2 is 1.15 bits per heavy atom.